The predicted octanol–water partition coefficient (Wildman–Crippen LogP) is 3.35. The van der Waals surface area contributed by atoms with E-state index in [0.29, 0.717) is 0 Å². The molecule has 0 saturated carbocycles. The van der Waals surface area contributed by atoms with E-state index in [1.54, 1.807) is 0 Å². The largest absolute Gasteiger partial charge is 0.445 e. The van der Waals surface area contributed by atoms with Gasteiger partial charge >= 0.3 is 6.18 Å². The molecule has 12 heavy (non-hydrogen) atoms. The number of rotatable bonds is 1. The van der Waals surface area contributed by atoms with E-state index in [2.05, 4.69) is 0 Å². The van der Waals surface area contributed by atoms with E-state index < -0.39 is 23.8 Å². The Bertz CT molecular complexity index is 171. The zero-order valence-corrected chi connectivity index (χ0v) is 5.65. The van der Waals surface area contributed by atoms with Crippen molar-refractivity contribution in [1.82, 2.24) is 0 Å². The van der Waals surface area contributed by atoms with Crippen LogP contribution in [0.25, 0.3) is 0 Å². The van der Waals surface area contributed by atoms with Crippen molar-refractivity contribution in [2.45, 2.75) is 19.0 Å². The summed E-state index contributed by atoms with van der Waals surface area (Å²) in [5, 5.41) is 0. The Balaban J connectivity index is 4.96. The van der Waals surface area contributed by atoms with E-state index in [1.807, 2.05) is 0 Å². The Morgan fingerprint density at radius 2 is 1.17 bits per heavy atom. The minimum absolute atomic E-state index is 0.173. The first kappa shape index (κ1) is 11.2. The lowest BCUT2D eigenvalue weighted by Gasteiger charge is -2.10. The van der Waals surface area contributed by atoms with Gasteiger partial charge in [0.15, 0.2) is 0 Å². The molecular weight excluding hydrogens is 193 g/mol. The maximum absolute atomic E-state index is 11.8. The van der Waals surface area contributed by atoms with Gasteiger partial charge in [-0.2, -0.15) is 26.3 Å². The number of allylic oxidation sites excluding steroid dienone is 2. The van der Waals surface area contributed by atoms with Gasteiger partial charge in [-0.25, -0.2) is 4.39 Å². The molecule has 0 atom stereocenters. The number of hydrogen-bond acceptors (Lipinski definition) is 0. The molecule has 0 aliphatic rings. The second-order valence-corrected chi connectivity index (χ2v) is 2.01. The highest BCUT2D eigenvalue weighted by atomic mass is 19.4. The van der Waals surface area contributed by atoms with Crippen LogP contribution < -0.4 is 0 Å². The molecule has 0 saturated heterocycles. The van der Waals surface area contributed by atoms with Crippen LogP contribution in [-0.4, -0.2) is 12.1 Å². The van der Waals surface area contributed by atoms with Crippen LogP contribution in [0.5, 0.6) is 0 Å². The standard InChI is InChI=1S/C5H3F7/c1-4(8,9)2(6)3(7)5(10,11)12/h1H3/b3-2+. The summed E-state index contributed by atoms with van der Waals surface area (Å²) < 4.78 is 80.7. The van der Waals surface area contributed by atoms with Crippen LogP contribution in [0, 0.1) is 0 Å². The smallest absolute Gasteiger partial charge is 0.202 e. The Morgan fingerprint density at radius 1 is 0.833 bits per heavy atom. The highest BCUT2D eigenvalue weighted by Gasteiger charge is 2.44. The van der Waals surface area contributed by atoms with Gasteiger partial charge in [-0.3, -0.25) is 0 Å². The lowest BCUT2D eigenvalue weighted by atomic mass is 10.3. The summed E-state index contributed by atoms with van der Waals surface area (Å²) in [6, 6.07) is 0. The fraction of sp³-hybridized carbons (Fsp3) is 0.600. The Morgan fingerprint density at radius 3 is 1.25 bits per heavy atom. The fourth-order valence-corrected chi connectivity index (χ4v) is 0.317. The van der Waals surface area contributed by atoms with Gasteiger partial charge in [-0.05, 0) is 0 Å². The van der Waals surface area contributed by atoms with Gasteiger partial charge in [-0.15, -0.1) is 0 Å². The molecule has 72 valence electrons. The Labute approximate surface area is 62.7 Å². The summed E-state index contributed by atoms with van der Waals surface area (Å²) in [6.07, 6.45) is -5.70. The topological polar surface area (TPSA) is 0 Å². The van der Waals surface area contributed by atoms with Gasteiger partial charge in [0.1, 0.15) is 0 Å². The highest BCUT2D eigenvalue weighted by Crippen LogP contribution is 2.36. The van der Waals surface area contributed by atoms with Crippen molar-refractivity contribution in [3.05, 3.63) is 11.7 Å². The van der Waals surface area contributed by atoms with E-state index in [0.717, 1.165) is 0 Å². The molecule has 0 aromatic carbocycles. The van der Waals surface area contributed by atoms with Crippen molar-refractivity contribution in [3.63, 3.8) is 0 Å². The van der Waals surface area contributed by atoms with Gasteiger partial charge in [0.2, 0.25) is 11.7 Å². The van der Waals surface area contributed by atoms with Crippen molar-refractivity contribution in [1.29, 1.82) is 0 Å². The second kappa shape index (κ2) is 2.95. The minimum Gasteiger partial charge on any atom is -0.202 e. The number of hydrogen-bond donors (Lipinski definition) is 0. The average Bonchev–Trinajstić information content (AvgIpc) is 1.80. The summed E-state index contributed by atoms with van der Waals surface area (Å²) in [7, 11) is 0. The first-order valence-corrected chi connectivity index (χ1v) is 2.57. The molecule has 0 heterocycles. The molecule has 0 fully saturated rings. The number of alkyl halides is 5. The van der Waals surface area contributed by atoms with Crippen LogP contribution in [-0.2, 0) is 0 Å². The maximum atomic E-state index is 11.8. The third kappa shape index (κ3) is 2.71. The molecule has 0 amide bonds. The minimum atomic E-state index is -5.70. The molecule has 0 aromatic heterocycles. The van der Waals surface area contributed by atoms with Crippen LogP contribution >= 0.6 is 0 Å². The molecular formula is C5H3F7. The van der Waals surface area contributed by atoms with Crippen LogP contribution in [0.15, 0.2) is 11.7 Å². The third-order valence-electron chi connectivity index (χ3n) is 0.827. The average molecular weight is 196 g/mol. The van der Waals surface area contributed by atoms with Gasteiger partial charge in [0.05, 0.1) is 0 Å². The monoisotopic (exact) mass is 196 g/mol. The van der Waals surface area contributed by atoms with Crippen LogP contribution in [0.3, 0.4) is 0 Å². The van der Waals surface area contributed by atoms with Gasteiger partial charge in [0.25, 0.3) is 5.92 Å². The predicted molar refractivity (Wildman–Crippen MR) is 25.9 cm³/mol. The van der Waals surface area contributed by atoms with Crippen molar-refractivity contribution in [3.8, 4) is 0 Å². The number of halogens is 7. The summed E-state index contributed by atoms with van der Waals surface area (Å²) in [5.41, 5.74) is 0. The van der Waals surface area contributed by atoms with E-state index >= 15 is 0 Å². The molecule has 0 nitrogen and oxygen atoms in total. The summed E-state index contributed by atoms with van der Waals surface area (Å²) in [6.45, 7) is -0.173. The fourth-order valence-electron chi connectivity index (χ4n) is 0.317. The molecule has 0 N–H and O–H groups in total. The first-order valence-electron chi connectivity index (χ1n) is 2.57. The van der Waals surface area contributed by atoms with Crippen LogP contribution in [0.4, 0.5) is 30.7 Å². The normalized spacial score (nSPS) is 16.0. The SMILES string of the molecule is CC(F)(F)/C(F)=C(\F)C(F)(F)F. The van der Waals surface area contributed by atoms with E-state index in [4.69, 9.17) is 0 Å². The zero-order valence-electron chi connectivity index (χ0n) is 5.65. The zero-order chi connectivity index (χ0) is 10.2. The van der Waals surface area contributed by atoms with E-state index in [1.165, 1.54) is 0 Å². The first-order chi connectivity index (χ1) is 5.07. The molecule has 0 rings (SSSR count). The van der Waals surface area contributed by atoms with Gasteiger partial charge in [0, 0.05) is 6.92 Å². The molecule has 0 unspecified atom stereocenters. The van der Waals surface area contributed by atoms with Gasteiger partial charge < -0.3 is 0 Å². The maximum Gasteiger partial charge on any atom is 0.445 e. The van der Waals surface area contributed by atoms with Crippen molar-refractivity contribution < 1.29 is 30.7 Å². The molecule has 0 aliphatic carbocycles. The Kier molecular flexibility index (Phi) is 2.76. The molecule has 0 aliphatic heterocycles. The molecule has 7 heteroatoms. The van der Waals surface area contributed by atoms with Crippen molar-refractivity contribution in [2.24, 2.45) is 0 Å². The lowest BCUT2D eigenvalue weighted by molar-refractivity contribution is -0.116. The molecule has 0 bridgehead atoms. The van der Waals surface area contributed by atoms with Crippen molar-refractivity contribution in [2.75, 3.05) is 0 Å². The van der Waals surface area contributed by atoms with Crippen LogP contribution in [0.1, 0.15) is 6.92 Å². The lowest BCUT2D eigenvalue weighted by Crippen LogP contribution is -2.18. The molecule has 0 aromatic rings. The second-order valence-electron chi connectivity index (χ2n) is 2.01. The van der Waals surface area contributed by atoms with Crippen molar-refractivity contribution >= 4 is 0 Å². The summed E-state index contributed by atoms with van der Waals surface area (Å²) in [4.78, 5) is 0. The molecule has 0 spiro atoms. The Hall–Kier alpha value is -0.750. The third-order valence-corrected chi connectivity index (χ3v) is 0.827. The van der Waals surface area contributed by atoms with E-state index in [-0.39, 0.29) is 6.92 Å². The molecule has 0 radical (unpaired) electrons. The van der Waals surface area contributed by atoms with E-state index in [9.17, 15) is 30.7 Å². The highest BCUT2D eigenvalue weighted by molar-refractivity contribution is 5.12. The van der Waals surface area contributed by atoms with Gasteiger partial charge in [-0.1, -0.05) is 0 Å². The summed E-state index contributed by atoms with van der Waals surface area (Å²) >= 11 is 0. The van der Waals surface area contributed by atoms with Crippen LogP contribution in [0.2, 0.25) is 0 Å². The quantitative estimate of drug-likeness (QED) is 0.564. The summed E-state index contributed by atoms with van der Waals surface area (Å²) in [5.74, 6) is -10.9.